The Balaban J connectivity index is 1.79. The largest absolute Gasteiger partial charge is 0.507 e. The van der Waals surface area contributed by atoms with Crippen LogP contribution in [0.25, 0.3) is 0 Å². The normalized spacial score (nSPS) is 20.4. The van der Waals surface area contributed by atoms with Crippen LogP contribution in [-0.4, -0.2) is 16.9 Å². The second-order valence-corrected chi connectivity index (χ2v) is 7.61. The van der Waals surface area contributed by atoms with Gasteiger partial charge in [0.25, 0.3) is 0 Å². The van der Waals surface area contributed by atoms with E-state index in [1.807, 2.05) is 13.0 Å². The van der Waals surface area contributed by atoms with Gasteiger partial charge in [0.15, 0.2) is 5.78 Å². The smallest absolute Gasteiger partial charge is 0.167 e. The van der Waals surface area contributed by atoms with Gasteiger partial charge in [-0.3, -0.25) is 4.79 Å². The summed E-state index contributed by atoms with van der Waals surface area (Å²) < 4.78 is 0. The highest BCUT2D eigenvalue weighted by molar-refractivity contribution is 6.00. The molecule has 25 heavy (non-hydrogen) atoms. The Labute approximate surface area is 149 Å². The maximum absolute atomic E-state index is 12.8. The molecular weight excluding hydrogens is 310 g/mol. The number of phenolic OH excluding ortho intramolecular Hbond substituents is 1. The van der Waals surface area contributed by atoms with Crippen LogP contribution in [-0.2, 0) is 0 Å². The monoisotopic (exact) mass is 337 g/mol. The molecule has 0 saturated heterocycles. The molecular formula is C22H27NO2. The van der Waals surface area contributed by atoms with Crippen LogP contribution in [0.1, 0.15) is 69.8 Å². The van der Waals surface area contributed by atoms with Gasteiger partial charge in [-0.15, -0.1) is 0 Å². The van der Waals surface area contributed by atoms with Gasteiger partial charge >= 0.3 is 0 Å². The predicted octanol–water partition coefficient (Wildman–Crippen LogP) is 4.51. The molecule has 3 heteroatoms. The molecule has 1 aliphatic carbocycles. The maximum atomic E-state index is 12.8. The minimum atomic E-state index is -0.00706. The van der Waals surface area contributed by atoms with Gasteiger partial charge in [0.05, 0.1) is 5.56 Å². The molecule has 0 bridgehead atoms. The average molecular weight is 337 g/mol. The number of phenols is 1. The van der Waals surface area contributed by atoms with E-state index in [2.05, 4.69) is 39.0 Å². The van der Waals surface area contributed by atoms with E-state index in [0.717, 1.165) is 23.1 Å². The zero-order chi connectivity index (χ0) is 18.3. The summed E-state index contributed by atoms with van der Waals surface area (Å²) in [4.78, 5) is 12.8. The highest BCUT2D eigenvalue weighted by Gasteiger charge is 2.35. The van der Waals surface area contributed by atoms with Crippen molar-refractivity contribution in [1.82, 2.24) is 0 Å². The second kappa shape index (κ2) is 6.64. The Morgan fingerprint density at radius 3 is 2.40 bits per heavy atom. The predicted molar refractivity (Wildman–Crippen MR) is 101 cm³/mol. The molecule has 0 aliphatic heterocycles. The van der Waals surface area contributed by atoms with Gasteiger partial charge < -0.3 is 10.8 Å². The Bertz CT molecular complexity index is 802. The molecule has 2 aromatic rings. The van der Waals surface area contributed by atoms with Crippen molar-refractivity contribution in [3.05, 3.63) is 63.7 Å². The van der Waals surface area contributed by atoms with E-state index in [9.17, 15) is 9.90 Å². The Morgan fingerprint density at radius 1 is 1.16 bits per heavy atom. The lowest BCUT2D eigenvalue weighted by molar-refractivity contribution is 0.0972. The lowest BCUT2D eigenvalue weighted by Gasteiger charge is -2.15. The van der Waals surface area contributed by atoms with E-state index in [1.54, 1.807) is 6.07 Å². The first-order chi connectivity index (χ1) is 11.8. The Morgan fingerprint density at radius 2 is 1.84 bits per heavy atom. The van der Waals surface area contributed by atoms with Crippen LogP contribution in [0, 0.1) is 20.8 Å². The molecule has 3 atom stereocenters. The van der Waals surface area contributed by atoms with Gasteiger partial charge in [-0.05, 0) is 67.0 Å². The summed E-state index contributed by atoms with van der Waals surface area (Å²) in [6.45, 7) is 8.13. The highest BCUT2D eigenvalue weighted by atomic mass is 16.3. The molecule has 132 valence electrons. The fourth-order valence-electron chi connectivity index (χ4n) is 3.54. The van der Waals surface area contributed by atoms with Gasteiger partial charge in [-0.25, -0.2) is 0 Å². The first-order valence-corrected chi connectivity index (χ1v) is 8.97. The van der Waals surface area contributed by atoms with E-state index in [4.69, 9.17) is 5.73 Å². The number of nitrogens with two attached hydrogens (primary N) is 1. The van der Waals surface area contributed by atoms with Crippen LogP contribution >= 0.6 is 0 Å². The second-order valence-electron chi connectivity index (χ2n) is 7.61. The molecule has 0 radical (unpaired) electrons. The van der Waals surface area contributed by atoms with E-state index < -0.39 is 0 Å². The summed E-state index contributed by atoms with van der Waals surface area (Å²) in [5.41, 5.74) is 11.9. The SMILES string of the molecule is Cc1ccc(C(C)CC(=O)c2c(C)cc([C@@H]3CC3N)cc2O)cc1C. The molecule has 3 N–H and O–H groups in total. The third-order valence-electron chi connectivity index (χ3n) is 5.48. The van der Waals surface area contributed by atoms with Gasteiger partial charge in [0, 0.05) is 18.4 Å². The number of hydrogen-bond donors (Lipinski definition) is 2. The molecule has 3 nitrogen and oxygen atoms in total. The van der Waals surface area contributed by atoms with Crippen molar-refractivity contribution in [3.8, 4) is 5.75 Å². The number of carbonyl (C=O) groups excluding carboxylic acids is 1. The topological polar surface area (TPSA) is 63.3 Å². The molecule has 1 fully saturated rings. The van der Waals surface area contributed by atoms with E-state index >= 15 is 0 Å². The number of benzene rings is 2. The number of hydrogen-bond acceptors (Lipinski definition) is 3. The fraction of sp³-hybridized carbons (Fsp3) is 0.409. The van der Waals surface area contributed by atoms with Crippen molar-refractivity contribution in [1.29, 1.82) is 0 Å². The summed E-state index contributed by atoms with van der Waals surface area (Å²) >= 11 is 0. The number of aromatic hydroxyl groups is 1. The quantitative estimate of drug-likeness (QED) is 0.789. The minimum Gasteiger partial charge on any atom is -0.507 e. The van der Waals surface area contributed by atoms with Crippen LogP contribution in [0.15, 0.2) is 30.3 Å². The van der Waals surface area contributed by atoms with Crippen molar-refractivity contribution in [2.75, 3.05) is 0 Å². The number of rotatable bonds is 5. The van der Waals surface area contributed by atoms with Gasteiger partial charge in [0.2, 0.25) is 0 Å². The summed E-state index contributed by atoms with van der Waals surface area (Å²) in [5.74, 6) is 0.518. The molecule has 3 rings (SSSR count). The fourth-order valence-corrected chi connectivity index (χ4v) is 3.54. The average Bonchev–Trinajstić information content (AvgIpc) is 3.26. The Kier molecular flexibility index (Phi) is 4.70. The van der Waals surface area contributed by atoms with E-state index in [-0.39, 0.29) is 23.5 Å². The van der Waals surface area contributed by atoms with Gasteiger partial charge in [-0.1, -0.05) is 31.2 Å². The van der Waals surface area contributed by atoms with Crippen LogP contribution < -0.4 is 5.73 Å². The van der Waals surface area contributed by atoms with Crippen molar-refractivity contribution >= 4 is 5.78 Å². The molecule has 2 unspecified atom stereocenters. The van der Waals surface area contributed by atoms with E-state index in [1.165, 1.54) is 11.1 Å². The summed E-state index contributed by atoms with van der Waals surface area (Å²) in [6, 6.07) is 10.2. The van der Waals surface area contributed by atoms with Crippen molar-refractivity contribution < 1.29 is 9.90 Å². The lowest BCUT2D eigenvalue weighted by Crippen LogP contribution is -2.08. The summed E-state index contributed by atoms with van der Waals surface area (Å²) in [6.07, 6.45) is 1.34. The van der Waals surface area contributed by atoms with Crippen LogP contribution in [0.2, 0.25) is 0 Å². The highest BCUT2D eigenvalue weighted by Crippen LogP contribution is 2.41. The lowest BCUT2D eigenvalue weighted by atomic mass is 9.89. The molecule has 2 aromatic carbocycles. The molecule has 1 aliphatic rings. The molecule has 0 aromatic heterocycles. The Hall–Kier alpha value is -2.13. The van der Waals surface area contributed by atoms with Gasteiger partial charge in [-0.2, -0.15) is 0 Å². The number of carbonyl (C=O) groups is 1. The zero-order valence-electron chi connectivity index (χ0n) is 15.5. The maximum Gasteiger partial charge on any atom is 0.167 e. The summed E-state index contributed by atoms with van der Waals surface area (Å²) in [5, 5.41) is 10.4. The molecule has 0 heterocycles. The van der Waals surface area contributed by atoms with Crippen molar-refractivity contribution in [2.45, 2.75) is 58.4 Å². The van der Waals surface area contributed by atoms with Crippen molar-refractivity contribution in [2.24, 2.45) is 5.73 Å². The third kappa shape index (κ3) is 3.62. The summed E-state index contributed by atoms with van der Waals surface area (Å²) in [7, 11) is 0. The molecule has 0 amide bonds. The third-order valence-corrected chi connectivity index (χ3v) is 5.48. The minimum absolute atomic E-state index is 0.00706. The number of Topliss-reactive ketones (excluding diaryl/α,β-unsaturated/α-hetero) is 1. The standard InChI is InChI=1S/C22H27NO2/c1-12-5-6-16(7-13(12)2)14(3)9-20(24)22-15(4)8-17(10-21(22)25)18-11-19(18)23/h5-8,10,14,18-19,25H,9,11,23H2,1-4H3/t14?,18-,19?/m0/s1. The van der Waals surface area contributed by atoms with Crippen LogP contribution in [0.3, 0.4) is 0 Å². The molecule has 0 spiro atoms. The van der Waals surface area contributed by atoms with E-state index in [0.29, 0.717) is 17.9 Å². The van der Waals surface area contributed by atoms with Crippen LogP contribution in [0.4, 0.5) is 0 Å². The first kappa shape index (κ1) is 17.7. The first-order valence-electron chi connectivity index (χ1n) is 8.97. The van der Waals surface area contributed by atoms with Crippen LogP contribution in [0.5, 0.6) is 5.75 Å². The number of aryl methyl sites for hydroxylation is 3. The van der Waals surface area contributed by atoms with Gasteiger partial charge in [0.1, 0.15) is 5.75 Å². The zero-order valence-corrected chi connectivity index (χ0v) is 15.5. The number of ketones is 1. The van der Waals surface area contributed by atoms with Crippen molar-refractivity contribution in [3.63, 3.8) is 0 Å². The molecule has 1 saturated carbocycles.